The highest BCUT2D eigenvalue weighted by Crippen LogP contribution is 2.26. The Kier molecular flexibility index (Phi) is 3.13. The van der Waals surface area contributed by atoms with Crippen molar-refractivity contribution in [1.29, 1.82) is 0 Å². The quantitative estimate of drug-likeness (QED) is 0.735. The minimum Gasteiger partial charge on any atom is -0.350 e. The molecule has 0 amide bonds. The second-order valence-corrected chi connectivity index (χ2v) is 5.07. The Balaban J connectivity index is 1.82. The van der Waals surface area contributed by atoms with Crippen LogP contribution in [0.3, 0.4) is 0 Å². The van der Waals surface area contributed by atoms with Crippen molar-refractivity contribution in [3.8, 4) is 0 Å². The van der Waals surface area contributed by atoms with Gasteiger partial charge in [-0.2, -0.15) is 0 Å². The van der Waals surface area contributed by atoms with Crippen molar-refractivity contribution in [3.05, 3.63) is 52.5 Å². The number of nitrogens with zero attached hydrogens (tertiary/aromatic N) is 2. The SMILES string of the molecule is Clc1nc(NCc2ccccc2)nc2sccc12. The molecule has 2 heterocycles. The number of hydrogen-bond acceptors (Lipinski definition) is 4. The number of halogens is 1. The minimum absolute atomic E-state index is 0.497. The van der Waals surface area contributed by atoms with Gasteiger partial charge in [-0.05, 0) is 17.0 Å². The largest absolute Gasteiger partial charge is 0.350 e. The van der Waals surface area contributed by atoms with Gasteiger partial charge in [0.25, 0.3) is 0 Å². The van der Waals surface area contributed by atoms with Crippen LogP contribution in [0.2, 0.25) is 5.15 Å². The van der Waals surface area contributed by atoms with Gasteiger partial charge in [0.1, 0.15) is 9.98 Å². The summed E-state index contributed by atoms with van der Waals surface area (Å²) < 4.78 is 0. The van der Waals surface area contributed by atoms with Crippen LogP contribution in [0.15, 0.2) is 41.8 Å². The molecule has 18 heavy (non-hydrogen) atoms. The van der Waals surface area contributed by atoms with Crippen molar-refractivity contribution in [2.24, 2.45) is 0 Å². The van der Waals surface area contributed by atoms with E-state index in [0.29, 0.717) is 17.6 Å². The number of anilines is 1. The van der Waals surface area contributed by atoms with Crippen LogP contribution in [0.4, 0.5) is 5.95 Å². The maximum Gasteiger partial charge on any atom is 0.225 e. The lowest BCUT2D eigenvalue weighted by atomic mass is 10.2. The summed E-state index contributed by atoms with van der Waals surface area (Å²) in [6, 6.07) is 12.1. The third-order valence-corrected chi connectivity index (χ3v) is 3.67. The molecule has 2 aromatic heterocycles. The average Bonchev–Trinajstić information content (AvgIpc) is 2.86. The highest BCUT2D eigenvalue weighted by Gasteiger charge is 2.06. The molecule has 0 saturated heterocycles. The van der Waals surface area contributed by atoms with E-state index in [0.717, 1.165) is 10.2 Å². The zero-order valence-corrected chi connectivity index (χ0v) is 11.0. The van der Waals surface area contributed by atoms with Crippen molar-refractivity contribution < 1.29 is 0 Å². The summed E-state index contributed by atoms with van der Waals surface area (Å²) in [6.45, 7) is 0.689. The number of fused-ring (bicyclic) bond motifs is 1. The van der Waals surface area contributed by atoms with E-state index < -0.39 is 0 Å². The molecule has 0 fully saturated rings. The van der Waals surface area contributed by atoms with Crippen molar-refractivity contribution in [1.82, 2.24) is 9.97 Å². The fourth-order valence-electron chi connectivity index (χ4n) is 1.68. The second kappa shape index (κ2) is 4.92. The number of nitrogens with one attached hydrogen (secondary N) is 1. The fraction of sp³-hybridized carbons (Fsp3) is 0.0769. The molecular weight excluding hydrogens is 266 g/mol. The predicted octanol–water partition coefficient (Wildman–Crippen LogP) is 3.96. The molecular formula is C13H10ClN3S. The molecule has 5 heteroatoms. The molecule has 0 unspecified atom stereocenters. The number of hydrogen-bond donors (Lipinski definition) is 1. The van der Waals surface area contributed by atoms with Gasteiger partial charge in [-0.3, -0.25) is 0 Å². The maximum atomic E-state index is 6.10. The molecule has 0 saturated carbocycles. The van der Waals surface area contributed by atoms with E-state index in [9.17, 15) is 0 Å². The zero-order chi connectivity index (χ0) is 12.4. The van der Waals surface area contributed by atoms with E-state index in [1.54, 1.807) is 11.3 Å². The molecule has 0 aliphatic carbocycles. The maximum absolute atomic E-state index is 6.10. The first-order valence-electron chi connectivity index (χ1n) is 5.51. The van der Waals surface area contributed by atoms with Crippen LogP contribution in [0.5, 0.6) is 0 Å². The number of rotatable bonds is 3. The summed E-state index contributed by atoms with van der Waals surface area (Å²) in [5.74, 6) is 0.568. The van der Waals surface area contributed by atoms with E-state index in [4.69, 9.17) is 11.6 Å². The van der Waals surface area contributed by atoms with E-state index in [1.807, 2.05) is 29.6 Å². The standard InChI is InChI=1S/C13H10ClN3S/c14-11-10-6-7-18-12(10)17-13(16-11)15-8-9-4-2-1-3-5-9/h1-7H,8H2,(H,15,16,17). The summed E-state index contributed by atoms with van der Waals surface area (Å²) >= 11 is 7.66. The smallest absolute Gasteiger partial charge is 0.225 e. The molecule has 0 atom stereocenters. The van der Waals surface area contributed by atoms with Gasteiger partial charge >= 0.3 is 0 Å². The van der Waals surface area contributed by atoms with Crippen LogP contribution in [0.25, 0.3) is 10.2 Å². The van der Waals surface area contributed by atoms with Crippen molar-refractivity contribution >= 4 is 39.1 Å². The Hall–Kier alpha value is -1.65. The van der Waals surface area contributed by atoms with Gasteiger partial charge < -0.3 is 5.32 Å². The number of benzene rings is 1. The summed E-state index contributed by atoms with van der Waals surface area (Å²) in [6.07, 6.45) is 0. The molecule has 0 bridgehead atoms. The third kappa shape index (κ3) is 2.30. The van der Waals surface area contributed by atoms with Crippen molar-refractivity contribution in [2.75, 3.05) is 5.32 Å². The van der Waals surface area contributed by atoms with Crippen molar-refractivity contribution in [3.63, 3.8) is 0 Å². The molecule has 3 rings (SSSR count). The first-order valence-corrected chi connectivity index (χ1v) is 6.77. The number of aromatic nitrogens is 2. The predicted molar refractivity (Wildman–Crippen MR) is 76.2 cm³/mol. The summed E-state index contributed by atoms with van der Waals surface area (Å²) in [5.41, 5.74) is 1.18. The topological polar surface area (TPSA) is 37.8 Å². The van der Waals surface area contributed by atoms with Crippen LogP contribution < -0.4 is 5.32 Å². The normalized spacial score (nSPS) is 10.7. The van der Waals surface area contributed by atoms with Gasteiger partial charge in [-0.25, -0.2) is 9.97 Å². The highest BCUT2D eigenvalue weighted by molar-refractivity contribution is 7.16. The molecule has 0 radical (unpaired) electrons. The molecule has 3 aromatic rings. The van der Waals surface area contributed by atoms with Crippen LogP contribution in [-0.4, -0.2) is 9.97 Å². The van der Waals surface area contributed by atoms with Gasteiger partial charge in [-0.1, -0.05) is 41.9 Å². The molecule has 90 valence electrons. The fourth-order valence-corrected chi connectivity index (χ4v) is 2.73. The minimum atomic E-state index is 0.497. The summed E-state index contributed by atoms with van der Waals surface area (Å²) in [4.78, 5) is 9.57. The van der Waals surface area contributed by atoms with Crippen molar-refractivity contribution in [2.45, 2.75) is 6.54 Å². The molecule has 0 spiro atoms. The van der Waals surface area contributed by atoms with E-state index in [-0.39, 0.29) is 0 Å². The lowest BCUT2D eigenvalue weighted by Crippen LogP contribution is -2.03. The first kappa shape index (κ1) is 11.4. The van der Waals surface area contributed by atoms with Gasteiger partial charge in [0.2, 0.25) is 5.95 Å². The highest BCUT2D eigenvalue weighted by atomic mass is 35.5. The third-order valence-electron chi connectivity index (χ3n) is 2.57. The average molecular weight is 276 g/mol. The van der Waals surface area contributed by atoms with Crippen LogP contribution in [-0.2, 0) is 6.54 Å². The van der Waals surface area contributed by atoms with Gasteiger partial charge in [0, 0.05) is 11.9 Å². The molecule has 1 aromatic carbocycles. The van der Waals surface area contributed by atoms with E-state index in [2.05, 4.69) is 27.4 Å². The van der Waals surface area contributed by atoms with Crippen LogP contribution >= 0.6 is 22.9 Å². The van der Waals surface area contributed by atoms with Gasteiger partial charge in [0.15, 0.2) is 0 Å². The number of thiophene rings is 1. The second-order valence-electron chi connectivity index (χ2n) is 3.82. The molecule has 3 nitrogen and oxygen atoms in total. The Bertz CT molecular complexity index is 666. The van der Waals surface area contributed by atoms with Crippen LogP contribution in [0, 0.1) is 0 Å². The molecule has 0 aliphatic heterocycles. The van der Waals surface area contributed by atoms with Gasteiger partial charge in [-0.15, -0.1) is 11.3 Å². The molecule has 0 aliphatic rings. The lowest BCUT2D eigenvalue weighted by molar-refractivity contribution is 1.07. The van der Waals surface area contributed by atoms with E-state index in [1.165, 1.54) is 5.56 Å². The summed E-state index contributed by atoms with van der Waals surface area (Å²) in [7, 11) is 0. The Morgan fingerprint density at radius 3 is 2.78 bits per heavy atom. The Morgan fingerprint density at radius 2 is 1.94 bits per heavy atom. The first-order chi connectivity index (χ1) is 8.83. The van der Waals surface area contributed by atoms with E-state index >= 15 is 0 Å². The molecule has 1 N–H and O–H groups in total. The Labute approximate surface area is 113 Å². The summed E-state index contributed by atoms with van der Waals surface area (Å²) in [5, 5.41) is 6.55. The van der Waals surface area contributed by atoms with Crippen LogP contribution in [0.1, 0.15) is 5.56 Å². The monoisotopic (exact) mass is 275 g/mol. The zero-order valence-electron chi connectivity index (χ0n) is 9.43. The Morgan fingerprint density at radius 1 is 1.11 bits per heavy atom. The van der Waals surface area contributed by atoms with Gasteiger partial charge in [0.05, 0.1) is 0 Å². The lowest BCUT2D eigenvalue weighted by Gasteiger charge is -2.05.